The van der Waals surface area contributed by atoms with Crippen LogP contribution in [0.5, 0.6) is 0 Å². The van der Waals surface area contributed by atoms with Gasteiger partial charge in [-0.25, -0.2) is 29.7 Å². The summed E-state index contributed by atoms with van der Waals surface area (Å²) in [4.78, 5) is 53.7. The molecular formula is C26H39N3O7. The Morgan fingerprint density at radius 3 is 2.06 bits per heavy atom. The van der Waals surface area contributed by atoms with Crippen molar-refractivity contribution in [3.63, 3.8) is 0 Å². The zero-order chi connectivity index (χ0) is 27.5. The van der Waals surface area contributed by atoms with Gasteiger partial charge in [0.25, 0.3) is 5.91 Å². The highest BCUT2D eigenvalue weighted by Crippen LogP contribution is 2.30. The molecule has 0 radical (unpaired) electrons. The molecule has 1 fully saturated rings. The number of nitrogens with one attached hydrogen (secondary N) is 1. The van der Waals surface area contributed by atoms with Gasteiger partial charge in [0, 0.05) is 0 Å². The molecule has 1 N–H and O–H groups in total. The number of benzene rings is 1. The van der Waals surface area contributed by atoms with Crippen LogP contribution in [0.4, 0.5) is 14.4 Å². The molecule has 200 valence electrons. The smallest absolute Gasteiger partial charge is 0.430 e. The topological polar surface area (TPSA) is 114 Å². The van der Waals surface area contributed by atoms with E-state index in [0.717, 1.165) is 15.5 Å². The van der Waals surface area contributed by atoms with Gasteiger partial charge in [-0.15, -0.1) is 0 Å². The first-order chi connectivity index (χ1) is 16.4. The maximum absolute atomic E-state index is 14.0. The SMILES string of the molecule is CC(C)(C)OC(=O)NN(C(=O)OC(C)(C)C)C(C(=O)N1C(=O)OC[C@@H]1Cc1ccccc1)C(C)(C)C. The van der Waals surface area contributed by atoms with Crippen LogP contribution in [0, 0.1) is 5.41 Å². The van der Waals surface area contributed by atoms with Crippen molar-refractivity contribution in [2.75, 3.05) is 6.61 Å². The van der Waals surface area contributed by atoms with E-state index in [1.54, 1.807) is 62.3 Å². The number of carbonyl (C=O) groups is 4. The summed E-state index contributed by atoms with van der Waals surface area (Å²) in [6.45, 7) is 15.2. The molecule has 4 amide bonds. The Morgan fingerprint density at radius 2 is 1.56 bits per heavy atom. The van der Waals surface area contributed by atoms with E-state index in [0.29, 0.717) is 6.42 Å². The van der Waals surface area contributed by atoms with Gasteiger partial charge >= 0.3 is 18.3 Å². The lowest BCUT2D eigenvalue weighted by Crippen LogP contribution is -2.64. The van der Waals surface area contributed by atoms with E-state index in [1.165, 1.54) is 0 Å². The lowest BCUT2D eigenvalue weighted by atomic mass is 9.85. The number of ether oxygens (including phenoxy) is 3. The Kier molecular flexibility index (Phi) is 8.65. The van der Waals surface area contributed by atoms with Gasteiger partial charge in [0.1, 0.15) is 23.9 Å². The molecule has 1 aliphatic heterocycles. The van der Waals surface area contributed by atoms with E-state index in [1.807, 2.05) is 30.3 Å². The van der Waals surface area contributed by atoms with Gasteiger partial charge in [-0.1, -0.05) is 51.1 Å². The van der Waals surface area contributed by atoms with Gasteiger partial charge < -0.3 is 14.2 Å². The molecule has 1 saturated heterocycles. The van der Waals surface area contributed by atoms with Crippen LogP contribution in [0.25, 0.3) is 0 Å². The first kappa shape index (κ1) is 28.9. The fourth-order valence-electron chi connectivity index (χ4n) is 3.69. The van der Waals surface area contributed by atoms with E-state index in [4.69, 9.17) is 14.2 Å². The maximum atomic E-state index is 14.0. The molecule has 36 heavy (non-hydrogen) atoms. The molecule has 0 spiro atoms. The summed E-state index contributed by atoms with van der Waals surface area (Å²) < 4.78 is 16.0. The summed E-state index contributed by atoms with van der Waals surface area (Å²) in [5.74, 6) is -0.701. The Bertz CT molecular complexity index is 958. The van der Waals surface area contributed by atoms with Crippen LogP contribution in [0.15, 0.2) is 30.3 Å². The van der Waals surface area contributed by atoms with E-state index in [2.05, 4.69) is 5.43 Å². The molecule has 10 nitrogen and oxygen atoms in total. The Labute approximate surface area is 213 Å². The van der Waals surface area contributed by atoms with Gasteiger partial charge in [0.05, 0.1) is 6.04 Å². The summed E-state index contributed by atoms with van der Waals surface area (Å²) in [6.07, 6.45) is -2.34. The van der Waals surface area contributed by atoms with Crippen molar-refractivity contribution in [1.82, 2.24) is 15.3 Å². The minimum absolute atomic E-state index is 0.0161. The number of cyclic esters (lactones) is 1. The molecule has 1 unspecified atom stereocenters. The van der Waals surface area contributed by atoms with Crippen molar-refractivity contribution in [3.8, 4) is 0 Å². The molecule has 10 heteroatoms. The highest BCUT2D eigenvalue weighted by Gasteiger charge is 2.49. The molecule has 2 atom stereocenters. The first-order valence-electron chi connectivity index (χ1n) is 11.9. The molecule has 1 aromatic carbocycles. The van der Waals surface area contributed by atoms with Crippen LogP contribution in [0.2, 0.25) is 0 Å². The molecule has 1 heterocycles. The molecule has 2 rings (SSSR count). The number of rotatable bonds is 4. The average Bonchev–Trinajstić information content (AvgIpc) is 3.04. The molecule has 1 aromatic rings. The number of nitrogens with zero attached hydrogens (tertiary/aromatic N) is 2. The van der Waals surface area contributed by atoms with Gasteiger partial charge in [-0.2, -0.15) is 0 Å². The number of hydrogen-bond donors (Lipinski definition) is 1. The number of hydrazine groups is 1. The summed E-state index contributed by atoms with van der Waals surface area (Å²) in [7, 11) is 0. The number of imide groups is 1. The number of carbonyl (C=O) groups excluding carboxylic acids is 4. The molecule has 0 bridgehead atoms. The summed E-state index contributed by atoms with van der Waals surface area (Å²) in [5.41, 5.74) is 0.601. The second-order valence-corrected chi connectivity index (χ2v) is 11.9. The standard InChI is InChI=1S/C26H39N3O7/c1-24(2,3)19(29(23(33)36-26(7,8)9)27-21(31)35-25(4,5)6)20(30)28-18(16-34-22(28)32)15-17-13-11-10-12-14-17/h10-14,18-19H,15-16H2,1-9H3,(H,27,31)/t18-,19?/m0/s1. The highest BCUT2D eigenvalue weighted by molar-refractivity contribution is 5.98. The maximum Gasteiger partial charge on any atom is 0.430 e. The molecule has 0 saturated carbocycles. The second-order valence-electron chi connectivity index (χ2n) is 11.9. The lowest BCUT2D eigenvalue weighted by molar-refractivity contribution is -0.140. The van der Waals surface area contributed by atoms with Crippen LogP contribution < -0.4 is 5.43 Å². The van der Waals surface area contributed by atoms with Crippen LogP contribution in [0.3, 0.4) is 0 Å². The van der Waals surface area contributed by atoms with Crippen LogP contribution in [-0.2, 0) is 25.4 Å². The average molecular weight is 506 g/mol. The third kappa shape index (κ3) is 8.13. The zero-order valence-electron chi connectivity index (χ0n) is 22.7. The summed E-state index contributed by atoms with van der Waals surface area (Å²) >= 11 is 0. The monoisotopic (exact) mass is 505 g/mol. The lowest BCUT2D eigenvalue weighted by Gasteiger charge is -2.40. The normalized spacial score (nSPS) is 17.2. The third-order valence-electron chi connectivity index (χ3n) is 5.03. The van der Waals surface area contributed by atoms with Gasteiger partial charge in [0.2, 0.25) is 0 Å². The number of hydrogen-bond acceptors (Lipinski definition) is 7. The first-order valence-corrected chi connectivity index (χ1v) is 11.9. The summed E-state index contributed by atoms with van der Waals surface area (Å²) in [5, 5.41) is 0.812. The van der Waals surface area contributed by atoms with Crippen molar-refractivity contribution >= 4 is 24.2 Å². The molecular weight excluding hydrogens is 466 g/mol. The van der Waals surface area contributed by atoms with Gasteiger partial charge in [-0.3, -0.25) is 4.79 Å². The summed E-state index contributed by atoms with van der Waals surface area (Å²) in [6, 6.07) is 7.49. The molecule has 0 aliphatic carbocycles. The second kappa shape index (κ2) is 10.8. The predicted octanol–water partition coefficient (Wildman–Crippen LogP) is 4.67. The number of amides is 4. The fraction of sp³-hybridized carbons (Fsp3) is 0.615. The fourth-order valence-corrected chi connectivity index (χ4v) is 3.69. The van der Waals surface area contributed by atoms with Crippen LogP contribution in [-0.4, -0.2) is 64.0 Å². The van der Waals surface area contributed by atoms with E-state index in [9.17, 15) is 19.2 Å². The van der Waals surface area contributed by atoms with E-state index >= 15 is 0 Å². The highest BCUT2D eigenvalue weighted by atomic mass is 16.6. The van der Waals surface area contributed by atoms with Gasteiger partial charge in [0.15, 0.2) is 0 Å². The van der Waals surface area contributed by atoms with Crippen molar-refractivity contribution in [3.05, 3.63) is 35.9 Å². The molecule has 0 aromatic heterocycles. The van der Waals surface area contributed by atoms with E-state index < -0.39 is 52.9 Å². The Hall–Kier alpha value is -3.30. The quantitative estimate of drug-likeness (QED) is 0.467. The largest absolute Gasteiger partial charge is 0.447 e. The minimum Gasteiger partial charge on any atom is -0.447 e. The molecule has 1 aliphatic rings. The van der Waals surface area contributed by atoms with Crippen molar-refractivity contribution in [2.45, 2.75) is 92.0 Å². The van der Waals surface area contributed by atoms with E-state index in [-0.39, 0.29) is 6.61 Å². The predicted molar refractivity (Wildman–Crippen MR) is 133 cm³/mol. The Morgan fingerprint density at radius 1 is 1.00 bits per heavy atom. The van der Waals surface area contributed by atoms with Crippen LogP contribution in [0.1, 0.15) is 67.9 Å². The zero-order valence-corrected chi connectivity index (χ0v) is 22.7. The van der Waals surface area contributed by atoms with Gasteiger partial charge in [-0.05, 0) is 58.9 Å². The third-order valence-corrected chi connectivity index (χ3v) is 5.03. The van der Waals surface area contributed by atoms with Crippen molar-refractivity contribution < 1.29 is 33.4 Å². The van der Waals surface area contributed by atoms with Crippen molar-refractivity contribution in [1.29, 1.82) is 0 Å². The van der Waals surface area contributed by atoms with Crippen molar-refractivity contribution in [2.24, 2.45) is 5.41 Å². The minimum atomic E-state index is -1.32. The Balaban J connectivity index is 2.46. The van der Waals surface area contributed by atoms with Crippen LogP contribution >= 0.6 is 0 Å².